The van der Waals surface area contributed by atoms with Gasteiger partial charge in [-0.25, -0.2) is 0 Å². The van der Waals surface area contributed by atoms with Crippen LogP contribution in [0.5, 0.6) is 11.8 Å². The van der Waals surface area contributed by atoms with Crippen molar-refractivity contribution in [3.05, 3.63) is 41.6 Å². The van der Waals surface area contributed by atoms with Crippen molar-refractivity contribution in [2.24, 2.45) is 0 Å². The number of piperidine rings is 1. The van der Waals surface area contributed by atoms with E-state index in [-0.39, 0.29) is 12.1 Å². The van der Waals surface area contributed by atoms with Crippen molar-refractivity contribution in [3.63, 3.8) is 0 Å². The van der Waals surface area contributed by atoms with Gasteiger partial charge in [-0.2, -0.15) is 19.6 Å². The van der Waals surface area contributed by atoms with E-state index in [0.29, 0.717) is 17.9 Å². The SMILES string of the molecule is COc1ccc(C(C)Nc2nc(OC3CCCNC3)nc3c(C(C)C)cnn23)cc1. The summed E-state index contributed by atoms with van der Waals surface area (Å²) in [5, 5.41) is 11.4. The predicted molar refractivity (Wildman–Crippen MR) is 116 cm³/mol. The third-order valence-electron chi connectivity index (χ3n) is 5.48. The Bertz CT molecular complexity index is 979. The van der Waals surface area contributed by atoms with Gasteiger partial charge in [-0.1, -0.05) is 26.0 Å². The molecule has 0 amide bonds. The summed E-state index contributed by atoms with van der Waals surface area (Å²) in [6.07, 6.45) is 4.04. The molecule has 2 unspecified atom stereocenters. The van der Waals surface area contributed by atoms with Gasteiger partial charge in [-0.3, -0.25) is 0 Å². The second kappa shape index (κ2) is 8.87. The van der Waals surface area contributed by atoms with Gasteiger partial charge in [0.05, 0.1) is 19.3 Å². The lowest BCUT2D eigenvalue weighted by atomic mass is 10.1. The van der Waals surface area contributed by atoms with E-state index in [4.69, 9.17) is 14.5 Å². The van der Waals surface area contributed by atoms with Crippen molar-refractivity contribution < 1.29 is 9.47 Å². The van der Waals surface area contributed by atoms with Gasteiger partial charge in [-0.05, 0) is 49.9 Å². The first-order chi connectivity index (χ1) is 14.5. The molecule has 160 valence electrons. The molecule has 2 N–H and O–H groups in total. The maximum absolute atomic E-state index is 6.14. The average molecular weight is 411 g/mol. The normalized spacial score (nSPS) is 17.8. The Morgan fingerprint density at radius 1 is 1.17 bits per heavy atom. The monoisotopic (exact) mass is 410 g/mol. The Kier molecular flexibility index (Phi) is 6.03. The maximum Gasteiger partial charge on any atom is 0.322 e. The fourth-order valence-electron chi connectivity index (χ4n) is 3.67. The van der Waals surface area contributed by atoms with E-state index in [1.54, 1.807) is 11.6 Å². The molecule has 1 aliphatic heterocycles. The average Bonchev–Trinajstić information content (AvgIpc) is 3.19. The lowest BCUT2D eigenvalue weighted by molar-refractivity contribution is 0.153. The van der Waals surface area contributed by atoms with E-state index in [1.807, 2.05) is 30.5 Å². The molecule has 1 aromatic carbocycles. The Hall–Kier alpha value is -2.87. The van der Waals surface area contributed by atoms with Gasteiger partial charge >= 0.3 is 6.01 Å². The van der Waals surface area contributed by atoms with Crippen LogP contribution in [0.2, 0.25) is 0 Å². The smallest absolute Gasteiger partial charge is 0.322 e. The molecule has 0 aliphatic carbocycles. The number of nitrogens with one attached hydrogen (secondary N) is 2. The minimum absolute atomic E-state index is 0.0184. The Morgan fingerprint density at radius 3 is 2.63 bits per heavy atom. The van der Waals surface area contributed by atoms with Crippen LogP contribution in [0.4, 0.5) is 5.95 Å². The number of fused-ring (bicyclic) bond motifs is 1. The van der Waals surface area contributed by atoms with Gasteiger partial charge in [0.15, 0.2) is 5.65 Å². The number of rotatable bonds is 7. The fourth-order valence-corrected chi connectivity index (χ4v) is 3.67. The highest BCUT2D eigenvalue weighted by molar-refractivity contribution is 5.53. The number of benzene rings is 1. The van der Waals surface area contributed by atoms with E-state index in [0.717, 1.165) is 48.5 Å². The minimum Gasteiger partial charge on any atom is -0.497 e. The zero-order valence-electron chi connectivity index (χ0n) is 18.1. The molecule has 1 aliphatic rings. The van der Waals surface area contributed by atoms with Crippen LogP contribution in [0.1, 0.15) is 56.7 Å². The molecule has 8 heteroatoms. The number of aromatic nitrogens is 4. The van der Waals surface area contributed by atoms with Crippen LogP contribution < -0.4 is 20.1 Å². The summed E-state index contributed by atoms with van der Waals surface area (Å²) in [6, 6.07) is 8.41. The largest absolute Gasteiger partial charge is 0.497 e. The van der Waals surface area contributed by atoms with E-state index in [1.165, 1.54) is 0 Å². The molecule has 0 bridgehead atoms. The van der Waals surface area contributed by atoms with Crippen molar-refractivity contribution in [1.29, 1.82) is 0 Å². The van der Waals surface area contributed by atoms with Crippen LogP contribution in [-0.2, 0) is 0 Å². The molecule has 3 heterocycles. The van der Waals surface area contributed by atoms with Gasteiger partial charge < -0.3 is 20.1 Å². The Balaban J connectivity index is 1.65. The summed E-state index contributed by atoms with van der Waals surface area (Å²) < 4.78 is 13.2. The highest BCUT2D eigenvalue weighted by Gasteiger charge is 2.21. The second-order valence-electron chi connectivity index (χ2n) is 8.05. The molecule has 8 nitrogen and oxygen atoms in total. The number of hydrogen-bond acceptors (Lipinski definition) is 7. The lowest BCUT2D eigenvalue weighted by Gasteiger charge is -2.23. The first kappa shape index (κ1) is 20.4. The van der Waals surface area contributed by atoms with Crippen LogP contribution in [0.15, 0.2) is 30.5 Å². The Morgan fingerprint density at radius 2 is 1.97 bits per heavy atom. The highest BCUT2D eigenvalue weighted by atomic mass is 16.5. The van der Waals surface area contributed by atoms with E-state index in [2.05, 4.69) is 41.5 Å². The number of anilines is 1. The van der Waals surface area contributed by atoms with Crippen molar-refractivity contribution in [2.45, 2.75) is 51.7 Å². The van der Waals surface area contributed by atoms with Crippen LogP contribution in [-0.4, -0.2) is 45.9 Å². The maximum atomic E-state index is 6.14. The predicted octanol–water partition coefficient (Wildman–Crippen LogP) is 3.56. The summed E-state index contributed by atoms with van der Waals surface area (Å²) in [6.45, 7) is 8.21. The van der Waals surface area contributed by atoms with E-state index < -0.39 is 0 Å². The molecule has 30 heavy (non-hydrogen) atoms. The zero-order valence-corrected chi connectivity index (χ0v) is 18.1. The molecule has 0 radical (unpaired) electrons. The summed E-state index contributed by atoms with van der Waals surface area (Å²) in [5.74, 6) is 1.75. The summed E-state index contributed by atoms with van der Waals surface area (Å²) in [4.78, 5) is 9.37. The highest BCUT2D eigenvalue weighted by Crippen LogP contribution is 2.26. The topological polar surface area (TPSA) is 85.6 Å². The summed E-state index contributed by atoms with van der Waals surface area (Å²) >= 11 is 0. The summed E-state index contributed by atoms with van der Waals surface area (Å²) in [5.41, 5.74) is 2.98. The molecule has 2 atom stereocenters. The molecule has 4 rings (SSSR count). The quantitative estimate of drug-likeness (QED) is 0.616. The fraction of sp³-hybridized carbons (Fsp3) is 0.500. The van der Waals surface area contributed by atoms with Gasteiger partial charge in [0.1, 0.15) is 11.9 Å². The van der Waals surface area contributed by atoms with Crippen LogP contribution in [0, 0.1) is 0 Å². The molecular formula is C22H30N6O2. The molecule has 0 saturated carbocycles. The second-order valence-corrected chi connectivity index (χ2v) is 8.05. The zero-order chi connectivity index (χ0) is 21.1. The third-order valence-corrected chi connectivity index (χ3v) is 5.48. The number of nitrogens with zero attached hydrogens (tertiary/aromatic N) is 4. The number of hydrogen-bond donors (Lipinski definition) is 2. The number of methoxy groups -OCH3 is 1. The van der Waals surface area contributed by atoms with Gasteiger partial charge in [0.25, 0.3) is 0 Å². The van der Waals surface area contributed by atoms with Crippen molar-refractivity contribution in [3.8, 4) is 11.8 Å². The molecular weight excluding hydrogens is 380 g/mol. The minimum atomic E-state index is 0.0184. The first-order valence-corrected chi connectivity index (χ1v) is 10.6. The molecule has 2 aromatic heterocycles. The van der Waals surface area contributed by atoms with Gasteiger partial charge in [-0.15, -0.1) is 0 Å². The molecule has 1 saturated heterocycles. The molecule has 3 aromatic rings. The van der Waals surface area contributed by atoms with Crippen LogP contribution in [0.25, 0.3) is 5.65 Å². The number of ether oxygens (including phenoxy) is 2. The van der Waals surface area contributed by atoms with E-state index in [9.17, 15) is 0 Å². The third kappa shape index (κ3) is 4.33. The van der Waals surface area contributed by atoms with Crippen LogP contribution >= 0.6 is 0 Å². The van der Waals surface area contributed by atoms with Gasteiger partial charge in [0, 0.05) is 12.1 Å². The van der Waals surface area contributed by atoms with Crippen molar-refractivity contribution in [2.75, 3.05) is 25.5 Å². The van der Waals surface area contributed by atoms with Crippen molar-refractivity contribution in [1.82, 2.24) is 24.9 Å². The summed E-state index contributed by atoms with van der Waals surface area (Å²) in [7, 11) is 1.67. The first-order valence-electron chi connectivity index (χ1n) is 10.6. The van der Waals surface area contributed by atoms with Gasteiger partial charge in [0.2, 0.25) is 5.95 Å². The van der Waals surface area contributed by atoms with Crippen LogP contribution in [0.3, 0.4) is 0 Å². The van der Waals surface area contributed by atoms with Crippen molar-refractivity contribution >= 4 is 11.6 Å². The lowest BCUT2D eigenvalue weighted by Crippen LogP contribution is -2.37. The van der Waals surface area contributed by atoms with E-state index >= 15 is 0 Å². The molecule has 1 fully saturated rings. The molecule has 0 spiro atoms. The Labute approximate surface area is 177 Å². The standard InChI is InChI=1S/C22H30N6O2/c1-14(2)19-13-24-28-20(19)26-22(30-18-6-5-11-23-12-18)27-21(28)25-15(3)16-7-9-17(29-4)10-8-16/h7-10,13-15,18,23H,5-6,11-12H2,1-4H3,(H,25,26,27).